The van der Waals surface area contributed by atoms with E-state index in [0.717, 1.165) is 11.9 Å². The highest BCUT2D eigenvalue weighted by Gasteiger charge is 2.34. The molecule has 0 bridgehead atoms. The average molecular weight is 231 g/mol. The van der Waals surface area contributed by atoms with Crippen molar-refractivity contribution in [2.45, 2.75) is 25.9 Å². The smallest absolute Gasteiger partial charge is 0.243 e. The predicted octanol–water partition coefficient (Wildman–Crippen LogP) is 0.0402. The second kappa shape index (κ2) is 5.11. The van der Waals surface area contributed by atoms with Gasteiger partial charge in [0.25, 0.3) is 0 Å². The van der Waals surface area contributed by atoms with Gasteiger partial charge in [0, 0.05) is 22.3 Å². The van der Waals surface area contributed by atoms with Crippen LogP contribution in [0.4, 0.5) is 0 Å². The van der Waals surface area contributed by atoms with Crippen molar-refractivity contribution in [3.63, 3.8) is 0 Å². The first-order chi connectivity index (χ1) is 7.06. The highest BCUT2D eigenvalue weighted by Crippen LogP contribution is 2.14. The SMILES string of the molecule is CC(CSN=O)[C@@H]1NC(=O)[C@H](C)NC1=O. The summed E-state index contributed by atoms with van der Waals surface area (Å²) in [6.45, 7) is 3.41. The Morgan fingerprint density at radius 1 is 1.40 bits per heavy atom. The quantitative estimate of drug-likeness (QED) is 0.528. The third kappa shape index (κ3) is 2.92. The molecule has 1 unspecified atom stereocenters. The molecule has 0 aliphatic carbocycles. The lowest BCUT2D eigenvalue weighted by atomic mass is 10.00. The van der Waals surface area contributed by atoms with Gasteiger partial charge in [-0.3, -0.25) is 9.59 Å². The molecule has 0 radical (unpaired) electrons. The maximum atomic E-state index is 11.5. The first kappa shape index (κ1) is 12.0. The van der Waals surface area contributed by atoms with Crippen LogP contribution in [-0.2, 0) is 9.59 Å². The Bertz CT molecular complexity index is 284. The molecule has 0 aromatic rings. The van der Waals surface area contributed by atoms with Crippen LogP contribution in [0.1, 0.15) is 13.8 Å². The fourth-order valence-electron chi connectivity index (χ4n) is 1.36. The molecular formula is C8H13N3O3S. The lowest BCUT2D eigenvalue weighted by molar-refractivity contribution is -0.137. The highest BCUT2D eigenvalue weighted by atomic mass is 32.2. The minimum Gasteiger partial charge on any atom is -0.343 e. The van der Waals surface area contributed by atoms with Gasteiger partial charge in [-0.15, -0.1) is 4.91 Å². The van der Waals surface area contributed by atoms with Crippen LogP contribution in [0.3, 0.4) is 0 Å². The van der Waals surface area contributed by atoms with E-state index in [1.807, 2.05) is 0 Å². The van der Waals surface area contributed by atoms with Crippen molar-refractivity contribution in [2.24, 2.45) is 10.5 Å². The van der Waals surface area contributed by atoms with Crippen LogP contribution < -0.4 is 10.6 Å². The number of piperazine rings is 1. The van der Waals surface area contributed by atoms with Gasteiger partial charge in [-0.05, 0) is 12.8 Å². The van der Waals surface area contributed by atoms with E-state index in [4.69, 9.17) is 0 Å². The fraction of sp³-hybridized carbons (Fsp3) is 0.750. The molecule has 6 nitrogen and oxygen atoms in total. The largest absolute Gasteiger partial charge is 0.343 e. The van der Waals surface area contributed by atoms with E-state index in [9.17, 15) is 14.5 Å². The normalized spacial score (nSPS) is 27.9. The Labute approximate surface area is 91.7 Å². The van der Waals surface area contributed by atoms with E-state index in [1.54, 1.807) is 13.8 Å². The zero-order valence-electron chi connectivity index (χ0n) is 8.52. The summed E-state index contributed by atoms with van der Waals surface area (Å²) < 4.78 is 2.65. The van der Waals surface area contributed by atoms with E-state index >= 15 is 0 Å². The van der Waals surface area contributed by atoms with Gasteiger partial charge >= 0.3 is 0 Å². The van der Waals surface area contributed by atoms with Crippen LogP contribution in [0.15, 0.2) is 4.58 Å². The molecule has 1 fully saturated rings. The molecule has 1 aliphatic heterocycles. The number of nitroso groups, excluding NO2 is 1. The van der Waals surface area contributed by atoms with Crippen molar-refractivity contribution in [1.29, 1.82) is 0 Å². The van der Waals surface area contributed by atoms with Crippen molar-refractivity contribution < 1.29 is 9.59 Å². The number of nitrogens with one attached hydrogen (secondary N) is 2. The minimum absolute atomic E-state index is 0.121. The molecule has 2 N–H and O–H groups in total. The Balaban J connectivity index is 2.57. The zero-order valence-corrected chi connectivity index (χ0v) is 9.34. The summed E-state index contributed by atoms with van der Waals surface area (Å²) in [5.74, 6) is -0.114. The van der Waals surface area contributed by atoms with Crippen molar-refractivity contribution in [3.05, 3.63) is 4.91 Å². The van der Waals surface area contributed by atoms with Crippen molar-refractivity contribution >= 4 is 23.8 Å². The summed E-state index contributed by atoms with van der Waals surface area (Å²) >= 11 is 0.852. The lowest BCUT2D eigenvalue weighted by Gasteiger charge is -2.30. The van der Waals surface area contributed by atoms with E-state index in [0.29, 0.717) is 5.75 Å². The summed E-state index contributed by atoms with van der Waals surface area (Å²) in [6.07, 6.45) is 0. The molecule has 15 heavy (non-hydrogen) atoms. The van der Waals surface area contributed by atoms with Gasteiger partial charge in [0.05, 0.1) is 0 Å². The van der Waals surface area contributed by atoms with Gasteiger partial charge < -0.3 is 10.6 Å². The predicted molar refractivity (Wildman–Crippen MR) is 57.0 cm³/mol. The Hall–Kier alpha value is -1.11. The van der Waals surface area contributed by atoms with E-state index < -0.39 is 12.1 Å². The number of hydrogen-bond acceptors (Lipinski definition) is 5. The van der Waals surface area contributed by atoms with Crippen molar-refractivity contribution in [3.8, 4) is 0 Å². The summed E-state index contributed by atoms with van der Waals surface area (Å²) in [7, 11) is 0. The maximum Gasteiger partial charge on any atom is 0.243 e. The van der Waals surface area contributed by atoms with Crippen LogP contribution in [-0.4, -0.2) is 29.7 Å². The maximum absolute atomic E-state index is 11.5. The second-order valence-corrected chi connectivity index (χ2v) is 4.30. The number of rotatable bonds is 4. The second-order valence-electron chi connectivity index (χ2n) is 3.56. The third-order valence-corrected chi connectivity index (χ3v) is 3.07. The molecule has 2 amide bonds. The number of amides is 2. The molecule has 0 aromatic heterocycles. The molecule has 0 saturated carbocycles. The molecular weight excluding hydrogens is 218 g/mol. The Kier molecular flexibility index (Phi) is 4.07. The van der Waals surface area contributed by atoms with Crippen LogP contribution in [0, 0.1) is 10.8 Å². The third-order valence-electron chi connectivity index (χ3n) is 2.29. The molecule has 0 aromatic carbocycles. The van der Waals surface area contributed by atoms with Crippen LogP contribution in [0.2, 0.25) is 0 Å². The van der Waals surface area contributed by atoms with Crippen LogP contribution >= 0.6 is 11.9 Å². The van der Waals surface area contributed by atoms with Crippen molar-refractivity contribution in [1.82, 2.24) is 10.6 Å². The van der Waals surface area contributed by atoms with E-state index in [-0.39, 0.29) is 17.7 Å². The topological polar surface area (TPSA) is 87.6 Å². The first-order valence-corrected chi connectivity index (χ1v) is 5.56. The summed E-state index contributed by atoms with van der Waals surface area (Å²) in [6, 6.07) is -1.05. The van der Waals surface area contributed by atoms with Crippen LogP contribution in [0.5, 0.6) is 0 Å². The lowest BCUT2D eigenvalue weighted by Crippen LogP contribution is -2.62. The van der Waals surface area contributed by atoms with Gasteiger partial charge in [0.15, 0.2) is 0 Å². The molecule has 1 rings (SSSR count). The summed E-state index contributed by atoms with van der Waals surface area (Å²) in [5, 5.41) is 5.18. The van der Waals surface area contributed by atoms with Gasteiger partial charge in [-0.25, -0.2) is 0 Å². The van der Waals surface area contributed by atoms with E-state index in [2.05, 4.69) is 15.2 Å². The number of carbonyl (C=O) groups excluding carboxylic acids is 2. The number of hydrogen-bond donors (Lipinski definition) is 2. The number of nitrogens with zero attached hydrogens (tertiary/aromatic N) is 1. The minimum atomic E-state index is -0.567. The molecule has 1 saturated heterocycles. The van der Waals surface area contributed by atoms with Crippen molar-refractivity contribution in [2.75, 3.05) is 5.75 Å². The first-order valence-electron chi connectivity index (χ1n) is 4.61. The van der Waals surface area contributed by atoms with Gasteiger partial charge in [-0.2, -0.15) is 0 Å². The van der Waals surface area contributed by atoms with Crippen LogP contribution in [0.25, 0.3) is 0 Å². The molecule has 1 heterocycles. The molecule has 3 atom stereocenters. The average Bonchev–Trinajstić information content (AvgIpc) is 2.20. The molecule has 1 aliphatic rings. The Morgan fingerprint density at radius 2 is 2.07 bits per heavy atom. The highest BCUT2D eigenvalue weighted by molar-refractivity contribution is 7.97. The standard InChI is InChI=1S/C8H13N3O3S/c1-4(3-15-11-14)6-8(13)9-5(2)7(12)10-6/h4-6H,3H2,1-2H3,(H,9,13)(H,10,12)/t4?,5-,6-/m0/s1. The molecule has 84 valence electrons. The van der Waals surface area contributed by atoms with Gasteiger partial charge in [0.2, 0.25) is 11.8 Å². The molecule has 0 spiro atoms. The Morgan fingerprint density at radius 3 is 2.67 bits per heavy atom. The summed E-state index contributed by atoms with van der Waals surface area (Å²) in [5.41, 5.74) is 0. The monoisotopic (exact) mass is 231 g/mol. The van der Waals surface area contributed by atoms with E-state index in [1.165, 1.54) is 0 Å². The summed E-state index contributed by atoms with van der Waals surface area (Å²) in [4.78, 5) is 32.7. The van der Waals surface area contributed by atoms with Gasteiger partial charge in [-0.1, -0.05) is 6.92 Å². The zero-order chi connectivity index (χ0) is 11.4. The fourth-order valence-corrected chi connectivity index (χ4v) is 1.85. The van der Waals surface area contributed by atoms with Gasteiger partial charge in [0.1, 0.15) is 12.1 Å². The number of carbonyl (C=O) groups is 2. The molecule has 7 heteroatoms.